The van der Waals surface area contributed by atoms with Crippen LogP contribution in [0.5, 0.6) is 0 Å². The van der Waals surface area contributed by atoms with E-state index in [0.717, 1.165) is 5.56 Å². The van der Waals surface area contributed by atoms with Crippen molar-refractivity contribution in [2.24, 2.45) is 5.41 Å². The van der Waals surface area contributed by atoms with E-state index >= 15 is 0 Å². The highest BCUT2D eigenvalue weighted by Crippen LogP contribution is 2.46. The number of nitrogens with zero attached hydrogens (tertiary/aromatic N) is 3. The topological polar surface area (TPSA) is 93.5 Å². The molecule has 3 amide bonds. The summed E-state index contributed by atoms with van der Waals surface area (Å²) in [5, 5.41) is 12.9. The van der Waals surface area contributed by atoms with E-state index in [4.69, 9.17) is 0 Å². The second kappa shape index (κ2) is 8.44. The number of benzene rings is 2. The Morgan fingerprint density at radius 3 is 2.69 bits per heavy atom. The van der Waals surface area contributed by atoms with Gasteiger partial charge >= 0.3 is 0 Å². The Balaban J connectivity index is 1.51. The Bertz CT molecular complexity index is 1310. The van der Waals surface area contributed by atoms with E-state index < -0.39 is 23.3 Å². The molecule has 1 fully saturated rings. The van der Waals surface area contributed by atoms with Crippen molar-refractivity contribution >= 4 is 23.4 Å². The van der Waals surface area contributed by atoms with Crippen LogP contribution in [-0.4, -0.2) is 52.7 Å². The minimum atomic E-state index is -0.999. The van der Waals surface area contributed by atoms with Gasteiger partial charge in [0.25, 0.3) is 5.91 Å². The van der Waals surface area contributed by atoms with Crippen molar-refractivity contribution in [1.29, 1.82) is 5.26 Å². The van der Waals surface area contributed by atoms with Gasteiger partial charge < -0.3 is 15.1 Å². The van der Waals surface area contributed by atoms with Gasteiger partial charge in [0.15, 0.2) is 0 Å². The monoisotopic (exact) mass is 488 g/mol. The lowest BCUT2D eigenvalue weighted by molar-refractivity contribution is -0.137. The molecule has 0 aliphatic carbocycles. The Labute approximate surface area is 209 Å². The molecular weight excluding hydrogens is 459 g/mol. The predicted molar refractivity (Wildman–Crippen MR) is 131 cm³/mol. The van der Waals surface area contributed by atoms with Gasteiger partial charge in [0.1, 0.15) is 17.9 Å². The molecule has 2 aromatic rings. The third-order valence-corrected chi connectivity index (χ3v) is 7.60. The van der Waals surface area contributed by atoms with Gasteiger partial charge in [-0.2, -0.15) is 5.26 Å². The van der Waals surface area contributed by atoms with Crippen LogP contribution < -0.4 is 5.32 Å². The molecular formula is C28H29FN4O3. The molecule has 0 bridgehead atoms. The highest BCUT2D eigenvalue weighted by Gasteiger charge is 2.57. The summed E-state index contributed by atoms with van der Waals surface area (Å²) in [5.74, 6) is -1.37. The summed E-state index contributed by atoms with van der Waals surface area (Å²) < 4.78 is 14.4. The number of hydrogen-bond donors (Lipinski definition) is 1. The molecule has 0 saturated carbocycles. The van der Waals surface area contributed by atoms with Crippen LogP contribution in [0.1, 0.15) is 55.1 Å². The molecule has 186 valence electrons. The summed E-state index contributed by atoms with van der Waals surface area (Å²) in [6.07, 6.45) is 0.873. The van der Waals surface area contributed by atoms with Crippen LogP contribution in [0.2, 0.25) is 0 Å². The summed E-state index contributed by atoms with van der Waals surface area (Å²) in [6, 6.07) is 12.4. The maximum atomic E-state index is 14.4. The first-order chi connectivity index (χ1) is 17.1. The molecule has 36 heavy (non-hydrogen) atoms. The summed E-state index contributed by atoms with van der Waals surface area (Å²) in [5.41, 5.74) is 0.822. The number of nitrogens with one attached hydrogen (secondary N) is 1. The molecule has 1 saturated heterocycles. The lowest BCUT2D eigenvalue weighted by atomic mass is 9.80. The van der Waals surface area contributed by atoms with E-state index in [-0.39, 0.29) is 48.2 Å². The van der Waals surface area contributed by atoms with Gasteiger partial charge in [-0.05, 0) is 42.0 Å². The number of fused-ring (bicyclic) bond motifs is 3. The number of amides is 3. The fourth-order valence-corrected chi connectivity index (χ4v) is 5.89. The second-order valence-corrected chi connectivity index (χ2v) is 11.2. The third kappa shape index (κ3) is 3.74. The highest BCUT2D eigenvalue weighted by atomic mass is 19.1. The van der Waals surface area contributed by atoms with Crippen molar-refractivity contribution in [1.82, 2.24) is 9.80 Å². The van der Waals surface area contributed by atoms with Gasteiger partial charge in [0.2, 0.25) is 11.8 Å². The largest absolute Gasteiger partial charge is 0.326 e. The van der Waals surface area contributed by atoms with E-state index in [1.165, 1.54) is 21.9 Å². The minimum Gasteiger partial charge on any atom is -0.326 e. The Kier molecular flexibility index (Phi) is 5.62. The molecule has 1 unspecified atom stereocenters. The smallest absolute Gasteiger partial charge is 0.254 e. The lowest BCUT2D eigenvalue weighted by Gasteiger charge is -2.39. The van der Waals surface area contributed by atoms with Crippen LogP contribution in [0, 0.1) is 22.6 Å². The minimum absolute atomic E-state index is 0.0702. The number of para-hydroxylation sites is 1. The number of nitriles is 1. The SMILES string of the molecule is CC(C)(C)C[C@@H](C(=O)N1C[C@]2(CC1C#N)C(=O)Nc1ccccc12)N1CCc2c(F)cccc2C1=O. The van der Waals surface area contributed by atoms with Gasteiger partial charge in [-0.15, -0.1) is 0 Å². The van der Waals surface area contributed by atoms with Gasteiger partial charge in [-0.3, -0.25) is 14.4 Å². The number of hydrogen-bond acceptors (Lipinski definition) is 4. The fourth-order valence-electron chi connectivity index (χ4n) is 5.89. The van der Waals surface area contributed by atoms with Crippen LogP contribution in [-0.2, 0) is 21.4 Å². The van der Waals surface area contributed by atoms with E-state index in [2.05, 4.69) is 11.4 Å². The van der Waals surface area contributed by atoms with Gasteiger partial charge in [0, 0.05) is 36.3 Å². The standard InChI is InChI=1S/C28H29FN4O3/c1-27(2,3)14-23(32-12-11-18-19(24(32)34)7-6-9-21(18)29)25(35)33-16-28(13-17(33)15-30)20-8-4-5-10-22(20)31-26(28)36/h4-10,17,23H,11-14,16H2,1-3H3,(H,31,36)/t17?,23-,28-/m0/s1. The van der Waals surface area contributed by atoms with Crippen LogP contribution >= 0.6 is 0 Å². The Hall–Kier alpha value is -3.73. The zero-order valence-electron chi connectivity index (χ0n) is 20.7. The van der Waals surface area contributed by atoms with Crippen LogP contribution in [0.25, 0.3) is 0 Å². The fraction of sp³-hybridized carbons (Fsp3) is 0.429. The second-order valence-electron chi connectivity index (χ2n) is 11.2. The average Bonchev–Trinajstić information content (AvgIpc) is 3.36. The summed E-state index contributed by atoms with van der Waals surface area (Å²) in [7, 11) is 0. The zero-order chi connectivity index (χ0) is 25.8. The molecule has 0 radical (unpaired) electrons. The van der Waals surface area contributed by atoms with E-state index in [0.29, 0.717) is 24.1 Å². The Morgan fingerprint density at radius 2 is 1.97 bits per heavy atom. The molecule has 5 rings (SSSR count). The maximum Gasteiger partial charge on any atom is 0.254 e. The molecule has 3 atom stereocenters. The highest BCUT2D eigenvalue weighted by molar-refractivity contribution is 6.07. The normalized spacial score (nSPS) is 23.8. The van der Waals surface area contributed by atoms with Crippen LogP contribution in [0.3, 0.4) is 0 Å². The summed E-state index contributed by atoms with van der Waals surface area (Å²) >= 11 is 0. The molecule has 3 aliphatic heterocycles. The van der Waals surface area contributed by atoms with E-state index in [1.807, 2.05) is 45.0 Å². The van der Waals surface area contributed by atoms with Crippen molar-refractivity contribution in [3.63, 3.8) is 0 Å². The van der Waals surface area contributed by atoms with Crippen LogP contribution in [0.4, 0.5) is 10.1 Å². The average molecular weight is 489 g/mol. The van der Waals surface area contributed by atoms with Crippen molar-refractivity contribution < 1.29 is 18.8 Å². The molecule has 1 spiro atoms. The van der Waals surface area contributed by atoms with E-state index in [1.54, 1.807) is 6.07 Å². The Morgan fingerprint density at radius 1 is 1.22 bits per heavy atom. The number of carbonyl (C=O) groups excluding carboxylic acids is 3. The molecule has 3 aliphatic rings. The lowest BCUT2D eigenvalue weighted by Crippen LogP contribution is -2.55. The van der Waals surface area contributed by atoms with Gasteiger partial charge in [-0.1, -0.05) is 45.0 Å². The molecule has 1 N–H and O–H groups in total. The van der Waals surface area contributed by atoms with Crippen molar-refractivity contribution in [2.45, 2.75) is 57.5 Å². The molecule has 7 nitrogen and oxygen atoms in total. The summed E-state index contributed by atoms with van der Waals surface area (Å²) in [6.45, 7) is 6.25. The molecule has 8 heteroatoms. The van der Waals surface area contributed by atoms with Gasteiger partial charge in [0.05, 0.1) is 11.5 Å². The van der Waals surface area contributed by atoms with Crippen LogP contribution in [0.15, 0.2) is 42.5 Å². The first kappa shape index (κ1) is 24.0. The van der Waals surface area contributed by atoms with Crippen molar-refractivity contribution in [2.75, 3.05) is 18.4 Å². The molecule has 2 aromatic carbocycles. The third-order valence-electron chi connectivity index (χ3n) is 7.60. The van der Waals surface area contributed by atoms with Crippen molar-refractivity contribution in [3.05, 3.63) is 65.0 Å². The first-order valence-electron chi connectivity index (χ1n) is 12.3. The number of anilines is 1. The summed E-state index contributed by atoms with van der Waals surface area (Å²) in [4.78, 5) is 43.8. The molecule has 0 aromatic heterocycles. The van der Waals surface area contributed by atoms with Gasteiger partial charge in [-0.25, -0.2) is 4.39 Å². The predicted octanol–water partition coefficient (Wildman–Crippen LogP) is 3.64. The number of likely N-dealkylation sites (tertiary alicyclic amines) is 1. The number of carbonyl (C=O) groups is 3. The molecule has 3 heterocycles. The maximum absolute atomic E-state index is 14.4. The van der Waals surface area contributed by atoms with E-state index in [9.17, 15) is 24.0 Å². The first-order valence-corrected chi connectivity index (χ1v) is 12.3. The number of rotatable bonds is 3. The quantitative estimate of drug-likeness (QED) is 0.714. The zero-order valence-corrected chi connectivity index (χ0v) is 20.7. The number of halogens is 1. The van der Waals surface area contributed by atoms with Crippen molar-refractivity contribution in [3.8, 4) is 6.07 Å².